The van der Waals surface area contributed by atoms with E-state index in [-0.39, 0.29) is 18.2 Å². The van der Waals surface area contributed by atoms with E-state index in [0.717, 1.165) is 11.3 Å². The van der Waals surface area contributed by atoms with Gasteiger partial charge in [-0.05, 0) is 18.6 Å². The van der Waals surface area contributed by atoms with Crippen LogP contribution in [0.15, 0.2) is 33.9 Å². The molecule has 0 atom stereocenters. The van der Waals surface area contributed by atoms with E-state index in [1.54, 1.807) is 0 Å². The number of para-hydroxylation sites is 1. The summed E-state index contributed by atoms with van der Waals surface area (Å²) in [5, 5.41) is 10.7. The van der Waals surface area contributed by atoms with Crippen LogP contribution in [0.5, 0.6) is 0 Å². The Hall–Kier alpha value is -1.86. The van der Waals surface area contributed by atoms with E-state index in [4.69, 9.17) is 10.2 Å². The molecule has 1 amide bonds. The van der Waals surface area contributed by atoms with E-state index in [0.29, 0.717) is 11.1 Å². The number of anilines is 1. The fourth-order valence-electron chi connectivity index (χ4n) is 1.41. The van der Waals surface area contributed by atoms with Crippen LogP contribution in [0, 0.1) is 6.92 Å². The summed E-state index contributed by atoms with van der Waals surface area (Å²) in [5.74, 6) is 0.453. The Morgan fingerprint density at radius 2 is 2.21 bits per heavy atom. The average Bonchev–Trinajstić information content (AvgIpc) is 2.87. The van der Waals surface area contributed by atoms with E-state index in [9.17, 15) is 4.79 Å². The molecule has 0 saturated heterocycles. The van der Waals surface area contributed by atoms with Gasteiger partial charge in [0, 0.05) is 5.69 Å². The lowest BCUT2D eigenvalue weighted by Gasteiger charge is -2.06. The summed E-state index contributed by atoms with van der Waals surface area (Å²) < 4.78 is 5.19. The van der Waals surface area contributed by atoms with E-state index in [1.807, 2.05) is 31.2 Å². The number of nitrogens with two attached hydrogens (primary N) is 1. The normalized spacial score (nSPS) is 10.4. The molecule has 1 aromatic carbocycles. The summed E-state index contributed by atoms with van der Waals surface area (Å²) in [4.78, 5) is 11.8. The van der Waals surface area contributed by atoms with Gasteiger partial charge in [-0.2, -0.15) is 0 Å². The molecular weight excluding hydrogens is 264 g/mol. The van der Waals surface area contributed by atoms with Gasteiger partial charge in [-0.1, -0.05) is 30.0 Å². The summed E-state index contributed by atoms with van der Waals surface area (Å²) in [5.41, 5.74) is 7.18. The fourth-order valence-corrected chi connectivity index (χ4v) is 1.99. The number of carbonyl (C=O) groups is 1. The first-order valence-corrected chi connectivity index (χ1v) is 6.68. The number of hydrogen-bond acceptors (Lipinski definition) is 6. The van der Waals surface area contributed by atoms with Crippen LogP contribution in [0.25, 0.3) is 0 Å². The maximum absolute atomic E-state index is 11.8. The second kappa shape index (κ2) is 6.35. The number of benzene rings is 1. The Balaban J connectivity index is 1.86. The number of nitrogens with zero attached hydrogens (tertiary/aromatic N) is 2. The van der Waals surface area contributed by atoms with Crippen LogP contribution in [-0.4, -0.2) is 21.9 Å². The molecule has 0 aliphatic heterocycles. The Bertz CT molecular complexity index is 570. The molecule has 100 valence electrons. The predicted octanol–water partition coefficient (Wildman–Crippen LogP) is 1.57. The lowest BCUT2D eigenvalue weighted by molar-refractivity contribution is -0.113. The maximum Gasteiger partial charge on any atom is 0.277 e. The highest BCUT2D eigenvalue weighted by Gasteiger charge is 2.09. The molecule has 3 N–H and O–H groups in total. The number of amides is 1. The quantitative estimate of drug-likeness (QED) is 0.806. The Labute approximate surface area is 114 Å². The van der Waals surface area contributed by atoms with Crippen LogP contribution < -0.4 is 11.1 Å². The summed E-state index contributed by atoms with van der Waals surface area (Å²) in [6, 6.07) is 7.60. The zero-order valence-electron chi connectivity index (χ0n) is 10.4. The molecule has 0 unspecified atom stereocenters. The van der Waals surface area contributed by atoms with Gasteiger partial charge >= 0.3 is 0 Å². The highest BCUT2D eigenvalue weighted by atomic mass is 32.2. The zero-order chi connectivity index (χ0) is 13.7. The molecule has 2 rings (SSSR count). The van der Waals surface area contributed by atoms with Crippen molar-refractivity contribution in [2.75, 3.05) is 11.1 Å². The third kappa shape index (κ3) is 3.80. The van der Waals surface area contributed by atoms with Crippen molar-refractivity contribution in [2.24, 2.45) is 5.73 Å². The first-order valence-electron chi connectivity index (χ1n) is 5.70. The third-order valence-electron chi connectivity index (χ3n) is 2.37. The van der Waals surface area contributed by atoms with Crippen molar-refractivity contribution >= 4 is 23.4 Å². The van der Waals surface area contributed by atoms with E-state index in [1.165, 1.54) is 11.8 Å². The number of thioether (sulfide) groups is 1. The van der Waals surface area contributed by atoms with Gasteiger partial charge in [0.05, 0.1) is 12.3 Å². The van der Waals surface area contributed by atoms with Crippen LogP contribution in [-0.2, 0) is 11.3 Å². The molecule has 0 radical (unpaired) electrons. The van der Waals surface area contributed by atoms with Crippen molar-refractivity contribution in [3.63, 3.8) is 0 Å². The Morgan fingerprint density at radius 3 is 2.89 bits per heavy atom. The fraction of sp³-hybridized carbons (Fsp3) is 0.250. The molecule has 0 fully saturated rings. The molecule has 2 aromatic rings. The van der Waals surface area contributed by atoms with Crippen molar-refractivity contribution in [3.8, 4) is 0 Å². The highest BCUT2D eigenvalue weighted by Crippen LogP contribution is 2.17. The number of rotatable bonds is 5. The maximum atomic E-state index is 11.8. The number of aromatic nitrogens is 2. The summed E-state index contributed by atoms with van der Waals surface area (Å²) in [7, 11) is 0. The minimum Gasteiger partial charge on any atom is -0.415 e. The van der Waals surface area contributed by atoms with Gasteiger partial charge in [0.15, 0.2) is 0 Å². The van der Waals surface area contributed by atoms with Crippen molar-refractivity contribution in [2.45, 2.75) is 18.7 Å². The molecule has 7 heteroatoms. The minimum absolute atomic E-state index is 0.119. The largest absolute Gasteiger partial charge is 0.415 e. The topological polar surface area (TPSA) is 94.0 Å². The Kier molecular flexibility index (Phi) is 4.53. The lowest BCUT2D eigenvalue weighted by Crippen LogP contribution is -2.14. The van der Waals surface area contributed by atoms with Crippen LogP contribution in [0.4, 0.5) is 5.69 Å². The SMILES string of the molecule is Cc1ccccc1NC(=O)CSc1nnc(CN)o1. The molecule has 19 heavy (non-hydrogen) atoms. The van der Waals surface area contributed by atoms with Crippen molar-refractivity contribution < 1.29 is 9.21 Å². The second-order valence-corrected chi connectivity index (χ2v) is 4.74. The van der Waals surface area contributed by atoms with E-state index < -0.39 is 0 Å². The number of hydrogen-bond donors (Lipinski definition) is 2. The van der Waals surface area contributed by atoms with Gasteiger partial charge in [0.2, 0.25) is 11.8 Å². The monoisotopic (exact) mass is 278 g/mol. The molecule has 0 saturated carbocycles. The summed E-state index contributed by atoms with van der Waals surface area (Å²) in [6.07, 6.45) is 0. The molecule has 1 heterocycles. The molecule has 1 aromatic heterocycles. The third-order valence-corrected chi connectivity index (χ3v) is 3.19. The van der Waals surface area contributed by atoms with Crippen LogP contribution in [0.2, 0.25) is 0 Å². The predicted molar refractivity (Wildman–Crippen MR) is 72.7 cm³/mol. The standard InChI is InChI=1S/C12H14N4O2S/c1-8-4-2-3-5-9(8)14-10(17)7-19-12-16-15-11(6-13)18-12/h2-5H,6-7,13H2,1H3,(H,14,17). The van der Waals surface area contributed by atoms with Crippen LogP contribution in [0.3, 0.4) is 0 Å². The lowest BCUT2D eigenvalue weighted by atomic mass is 10.2. The number of carbonyl (C=O) groups excluding carboxylic acids is 1. The molecule has 6 nitrogen and oxygen atoms in total. The highest BCUT2D eigenvalue weighted by molar-refractivity contribution is 7.99. The smallest absolute Gasteiger partial charge is 0.277 e. The molecular formula is C12H14N4O2S. The average molecular weight is 278 g/mol. The van der Waals surface area contributed by atoms with Gasteiger partial charge in [0.25, 0.3) is 5.22 Å². The van der Waals surface area contributed by atoms with Crippen molar-refractivity contribution in [1.29, 1.82) is 0 Å². The van der Waals surface area contributed by atoms with E-state index >= 15 is 0 Å². The molecule has 0 bridgehead atoms. The number of aryl methyl sites for hydroxylation is 1. The first-order chi connectivity index (χ1) is 9.19. The Morgan fingerprint density at radius 1 is 1.42 bits per heavy atom. The van der Waals surface area contributed by atoms with Gasteiger partial charge in [-0.3, -0.25) is 4.79 Å². The molecule has 0 aliphatic rings. The minimum atomic E-state index is -0.119. The summed E-state index contributed by atoms with van der Waals surface area (Å²) in [6.45, 7) is 2.14. The van der Waals surface area contributed by atoms with Gasteiger partial charge < -0.3 is 15.5 Å². The van der Waals surface area contributed by atoms with Gasteiger partial charge in [-0.25, -0.2) is 0 Å². The van der Waals surface area contributed by atoms with Crippen molar-refractivity contribution in [3.05, 3.63) is 35.7 Å². The molecule has 0 spiro atoms. The number of nitrogens with one attached hydrogen (secondary N) is 1. The van der Waals surface area contributed by atoms with Gasteiger partial charge in [0.1, 0.15) is 0 Å². The van der Waals surface area contributed by atoms with Crippen molar-refractivity contribution in [1.82, 2.24) is 10.2 Å². The molecule has 0 aliphatic carbocycles. The van der Waals surface area contributed by atoms with Crippen LogP contribution >= 0.6 is 11.8 Å². The zero-order valence-corrected chi connectivity index (χ0v) is 11.2. The van der Waals surface area contributed by atoms with E-state index in [2.05, 4.69) is 15.5 Å². The second-order valence-electron chi connectivity index (χ2n) is 3.82. The first kappa shape index (κ1) is 13.6. The summed E-state index contributed by atoms with van der Waals surface area (Å²) >= 11 is 1.18. The van der Waals surface area contributed by atoms with Crippen LogP contribution in [0.1, 0.15) is 11.5 Å². The van der Waals surface area contributed by atoms with Gasteiger partial charge in [-0.15, -0.1) is 10.2 Å².